The number of amides is 3. The third-order valence-corrected chi connectivity index (χ3v) is 3.92. The van der Waals surface area contributed by atoms with E-state index in [2.05, 4.69) is 10.6 Å². The van der Waals surface area contributed by atoms with Gasteiger partial charge in [-0.25, -0.2) is 4.79 Å². The third kappa shape index (κ3) is 4.51. The highest BCUT2D eigenvalue weighted by Gasteiger charge is 2.21. The molecule has 1 aliphatic heterocycles. The second-order valence-corrected chi connectivity index (χ2v) is 5.51. The molecule has 7 nitrogen and oxygen atoms in total. The molecule has 0 saturated carbocycles. The predicted octanol–water partition coefficient (Wildman–Crippen LogP) is 1.84. The van der Waals surface area contributed by atoms with Gasteiger partial charge < -0.3 is 25.0 Å². The number of hydrogen-bond donors (Lipinski definition) is 2. The minimum atomic E-state index is -0.292. The van der Waals surface area contributed by atoms with Crippen LogP contribution < -0.4 is 20.1 Å². The first-order chi connectivity index (χ1) is 11.0. The molecule has 1 atom stereocenters. The molecule has 1 saturated heterocycles. The molecule has 1 aliphatic rings. The molecule has 0 radical (unpaired) electrons. The summed E-state index contributed by atoms with van der Waals surface area (Å²) in [7, 11) is 4.89. The summed E-state index contributed by atoms with van der Waals surface area (Å²) in [5, 5.41) is 5.69. The normalized spacial score (nSPS) is 18.1. The number of methoxy groups -OCH3 is 2. The van der Waals surface area contributed by atoms with E-state index in [-0.39, 0.29) is 18.0 Å². The van der Waals surface area contributed by atoms with Crippen LogP contribution in [0.3, 0.4) is 0 Å². The molecule has 3 amide bonds. The van der Waals surface area contributed by atoms with Crippen molar-refractivity contribution in [2.45, 2.75) is 25.3 Å². The Bertz CT molecular complexity index is 576. The highest BCUT2D eigenvalue weighted by Crippen LogP contribution is 2.29. The van der Waals surface area contributed by atoms with E-state index >= 15 is 0 Å². The average Bonchev–Trinajstić information content (AvgIpc) is 2.70. The van der Waals surface area contributed by atoms with Crippen LogP contribution in [0.25, 0.3) is 0 Å². The van der Waals surface area contributed by atoms with Gasteiger partial charge in [0.2, 0.25) is 5.91 Å². The van der Waals surface area contributed by atoms with Crippen molar-refractivity contribution in [3.05, 3.63) is 18.2 Å². The monoisotopic (exact) mass is 321 g/mol. The van der Waals surface area contributed by atoms with Crippen molar-refractivity contribution < 1.29 is 19.1 Å². The van der Waals surface area contributed by atoms with E-state index in [0.717, 1.165) is 6.42 Å². The average molecular weight is 321 g/mol. The molecule has 0 aliphatic carbocycles. The van der Waals surface area contributed by atoms with Gasteiger partial charge in [-0.05, 0) is 25.0 Å². The molecule has 2 N–H and O–H groups in total. The molecule has 1 unspecified atom stereocenters. The SMILES string of the molecule is COc1ccc(NC(=O)NC2CCC(=O)N(C)CC2)cc1OC. The molecular formula is C16H23N3O4. The first-order valence-electron chi connectivity index (χ1n) is 7.57. The summed E-state index contributed by atoms with van der Waals surface area (Å²) in [5.74, 6) is 1.27. The van der Waals surface area contributed by atoms with Crippen LogP contribution in [0, 0.1) is 0 Å². The van der Waals surface area contributed by atoms with E-state index in [9.17, 15) is 9.59 Å². The summed E-state index contributed by atoms with van der Waals surface area (Å²) < 4.78 is 10.4. The predicted molar refractivity (Wildman–Crippen MR) is 87.0 cm³/mol. The number of urea groups is 1. The molecular weight excluding hydrogens is 298 g/mol. The second-order valence-electron chi connectivity index (χ2n) is 5.51. The van der Waals surface area contributed by atoms with Crippen LogP contribution in [0.5, 0.6) is 11.5 Å². The Morgan fingerprint density at radius 2 is 1.96 bits per heavy atom. The van der Waals surface area contributed by atoms with Crippen LogP contribution >= 0.6 is 0 Å². The van der Waals surface area contributed by atoms with Gasteiger partial charge in [-0.15, -0.1) is 0 Å². The van der Waals surface area contributed by atoms with E-state index in [0.29, 0.717) is 36.6 Å². The van der Waals surface area contributed by atoms with Crippen LogP contribution in [0.4, 0.5) is 10.5 Å². The molecule has 1 aromatic rings. The van der Waals surface area contributed by atoms with Gasteiger partial charge >= 0.3 is 6.03 Å². The number of rotatable bonds is 4. The molecule has 126 valence electrons. The number of ether oxygens (including phenoxy) is 2. The fourth-order valence-corrected chi connectivity index (χ4v) is 2.52. The Kier molecular flexibility index (Phi) is 5.67. The standard InChI is InChI=1S/C16H23N3O4/c1-19-9-8-11(5-7-15(19)20)17-16(21)18-12-4-6-13(22-2)14(10-12)23-3/h4,6,10-11H,5,7-9H2,1-3H3,(H2,17,18,21). The van der Waals surface area contributed by atoms with Crippen LogP contribution in [0.2, 0.25) is 0 Å². The van der Waals surface area contributed by atoms with Crippen LogP contribution in [0.15, 0.2) is 18.2 Å². The molecule has 7 heteroatoms. The van der Waals surface area contributed by atoms with Crippen molar-refractivity contribution in [3.8, 4) is 11.5 Å². The highest BCUT2D eigenvalue weighted by molar-refractivity contribution is 5.90. The number of benzene rings is 1. The summed E-state index contributed by atoms with van der Waals surface area (Å²) in [4.78, 5) is 25.5. The topological polar surface area (TPSA) is 79.9 Å². The molecule has 1 aromatic carbocycles. The molecule has 0 spiro atoms. The number of carbonyl (C=O) groups is 2. The van der Waals surface area contributed by atoms with E-state index in [1.165, 1.54) is 0 Å². The summed E-state index contributed by atoms with van der Waals surface area (Å²) in [5.41, 5.74) is 0.613. The highest BCUT2D eigenvalue weighted by atomic mass is 16.5. The fourth-order valence-electron chi connectivity index (χ4n) is 2.52. The van der Waals surface area contributed by atoms with Crippen LogP contribution in [-0.2, 0) is 4.79 Å². The van der Waals surface area contributed by atoms with Crippen molar-refractivity contribution in [2.75, 3.05) is 33.1 Å². The quantitative estimate of drug-likeness (QED) is 0.887. The Morgan fingerprint density at radius 3 is 2.65 bits per heavy atom. The van der Waals surface area contributed by atoms with Gasteiger partial charge in [0.05, 0.1) is 14.2 Å². The minimum Gasteiger partial charge on any atom is -0.493 e. The lowest BCUT2D eigenvalue weighted by atomic mass is 10.1. The van der Waals surface area contributed by atoms with Crippen molar-refractivity contribution in [1.29, 1.82) is 0 Å². The van der Waals surface area contributed by atoms with E-state index < -0.39 is 0 Å². The van der Waals surface area contributed by atoms with Gasteiger partial charge in [0.15, 0.2) is 11.5 Å². The van der Waals surface area contributed by atoms with Gasteiger partial charge in [-0.3, -0.25) is 4.79 Å². The van der Waals surface area contributed by atoms with Gasteiger partial charge in [-0.2, -0.15) is 0 Å². The number of anilines is 1. The van der Waals surface area contributed by atoms with E-state index in [4.69, 9.17) is 9.47 Å². The Labute approximate surface area is 135 Å². The van der Waals surface area contributed by atoms with Gasteiger partial charge in [0, 0.05) is 37.8 Å². The smallest absolute Gasteiger partial charge is 0.319 e. The fraction of sp³-hybridized carbons (Fsp3) is 0.500. The Balaban J connectivity index is 1.93. The van der Waals surface area contributed by atoms with Crippen molar-refractivity contribution in [1.82, 2.24) is 10.2 Å². The largest absolute Gasteiger partial charge is 0.493 e. The lowest BCUT2D eigenvalue weighted by molar-refractivity contribution is -0.129. The maximum Gasteiger partial charge on any atom is 0.319 e. The molecule has 1 heterocycles. The molecule has 0 bridgehead atoms. The zero-order valence-electron chi connectivity index (χ0n) is 13.7. The summed E-state index contributed by atoms with van der Waals surface area (Å²) in [6.45, 7) is 0.653. The second kappa shape index (κ2) is 7.71. The zero-order valence-corrected chi connectivity index (χ0v) is 13.7. The summed E-state index contributed by atoms with van der Waals surface area (Å²) in [6, 6.07) is 4.87. The van der Waals surface area contributed by atoms with Crippen molar-refractivity contribution >= 4 is 17.6 Å². The number of nitrogens with one attached hydrogen (secondary N) is 2. The number of nitrogens with zero attached hydrogens (tertiary/aromatic N) is 1. The maximum atomic E-state index is 12.1. The first kappa shape index (κ1) is 16.9. The van der Waals surface area contributed by atoms with Crippen LogP contribution in [0.1, 0.15) is 19.3 Å². The Hall–Kier alpha value is -2.44. The van der Waals surface area contributed by atoms with Crippen molar-refractivity contribution in [2.24, 2.45) is 0 Å². The lowest BCUT2D eigenvalue weighted by Gasteiger charge is -2.17. The van der Waals surface area contributed by atoms with E-state index in [1.807, 2.05) is 0 Å². The van der Waals surface area contributed by atoms with Crippen molar-refractivity contribution in [3.63, 3.8) is 0 Å². The van der Waals surface area contributed by atoms with Crippen LogP contribution in [-0.4, -0.2) is 50.7 Å². The zero-order chi connectivity index (χ0) is 16.8. The summed E-state index contributed by atoms with van der Waals surface area (Å²) >= 11 is 0. The number of hydrogen-bond acceptors (Lipinski definition) is 4. The minimum absolute atomic E-state index is 0.0101. The lowest BCUT2D eigenvalue weighted by Crippen LogP contribution is -2.38. The van der Waals surface area contributed by atoms with E-state index in [1.54, 1.807) is 44.4 Å². The molecule has 23 heavy (non-hydrogen) atoms. The van der Waals surface area contributed by atoms with Gasteiger partial charge in [-0.1, -0.05) is 0 Å². The molecule has 1 fully saturated rings. The summed E-state index contributed by atoms with van der Waals surface area (Å²) in [6.07, 6.45) is 1.86. The third-order valence-electron chi connectivity index (χ3n) is 3.92. The maximum absolute atomic E-state index is 12.1. The van der Waals surface area contributed by atoms with Gasteiger partial charge in [0.1, 0.15) is 0 Å². The number of likely N-dealkylation sites (tertiary alicyclic amines) is 1. The molecule has 2 rings (SSSR count). The Morgan fingerprint density at radius 1 is 1.22 bits per heavy atom. The first-order valence-corrected chi connectivity index (χ1v) is 7.57. The van der Waals surface area contributed by atoms with Gasteiger partial charge in [0.25, 0.3) is 0 Å². The molecule has 0 aromatic heterocycles. The number of carbonyl (C=O) groups excluding carboxylic acids is 2.